The maximum absolute atomic E-state index is 12.8. The molecule has 4 rings (SSSR count). The van der Waals surface area contributed by atoms with Gasteiger partial charge >= 0.3 is 0 Å². The molecular weight excluding hydrogens is 342 g/mol. The Bertz CT molecular complexity index is 891. The monoisotopic (exact) mass is 363 g/mol. The van der Waals surface area contributed by atoms with Gasteiger partial charge in [-0.2, -0.15) is 4.31 Å². The van der Waals surface area contributed by atoms with Crippen LogP contribution in [0.2, 0.25) is 0 Å². The fourth-order valence-corrected chi connectivity index (χ4v) is 4.67. The Morgan fingerprint density at radius 1 is 1.24 bits per heavy atom. The topological polar surface area (TPSA) is 73.7 Å². The summed E-state index contributed by atoms with van der Waals surface area (Å²) in [5, 5.41) is 0.118. The second-order valence-electron chi connectivity index (χ2n) is 6.71. The molecule has 1 fully saturated rings. The van der Waals surface area contributed by atoms with E-state index in [9.17, 15) is 8.42 Å². The van der Waals surface area contributed by atoms with E-state index in [0.717, 1.165) is 23.5 Å². The molecule has 0 spiro atoms. The molecule has 7 nitrogen and oxygen atoms in total. The molecule has 0 saturated carbocycles. The highest BCUT2D eigenvalue weighted by Gasteiger charge is 2.35. The highest BCUT2D eigenvalue weighted by atomic mass is 32.2. The van der Waals surface area contributed by atoms with Crippen LogP contribution < -0.4 is 9.47 Å². The standard InChI is InChI=1S/C17H21N3O4S/c1-12(2)19-9-17(18-10-19)25(21,22)20-6-5-14(8-20)13-3-4-15-16(7-13)24-11-23-15/h3-4,7,9-10,12,14H,5-6,8,11H2,1-2H3. The molecule has 2 aliphatic rings. The molecule has 1 unspecified atom stereocenters. The van der Waals surface area contributed by atoms with Crippen LogP contribution in [-0.4, -0.2) is 42.2 Å². The van der Waals surface area contributed by atoms with Gasteiger partial charge in [0.05, 0.1) is 6.33 Å². The summed E-state index contributed by atoms with van der Waals surface area (Å²) in [6, 6.07) is 6.01. The van der Waals surface area contributed by atoms with Crippen molar-refractivity contribution in [3.05, 3.63) is 36.3 Å². The minimum absolute atomic E-state index is 0.118. The number of hydrogen-bond acceptors (Lipinski definition) is 5. The van der Waals surface area contributed by atoms with E-state index in [-0.39, 0.29) is 23.8 Å². The number of fused-ring (bicyclic) bond motifs is 1. The number of sulfonamides is 1. The molecule has 2 aromatic rings. The Hall–Kier alpha value is -2.06. The summed E-state index contributed by atoms with van der Waals surface area (Å²) in [5.74, 6) is 1.62. The SMILES string of the molecule is CC(C)n1cnc(S(=O)(=O)N2CCC(c3ccc4c(c3)OCO4)C2)c1. The molecule has 0 bridgehead atoms. The number of benzene rings is 1. The van der Waals surface area contributed by atoms with Gasteiger partial charge < -0.3 is 14.0 Å². The van der Waals surface area contributed by atoms with Crippen molar-refractivity contribution in [3.63, 3.8) is 0 Å². The molecule has 1 atom stereocenters. The predicted octanol–water partition coefficient (Wildman–Crippen LogP) is 2.37. The number of imidazole rings is 1. The second-order valence-corrected chi connectivity index (χ2v) is 8.60. The van der Waals surface area contributed by atoms with E-state index in [0.29, 0.717) is 13.1 Å². The van der Waals surface area contributed by atoms with Crippen LogP contribution in [0.4, 0.5) is 0 Å². The van der Waals surface area contributed by atoms with Gasteiger partial charge in [-0.1, -0.05) is 6.07 Å². The first-order valence-electron chi connectivity index (χ1n) is 8.38. The zero-order valence-corrected chi connectivity index (χ0v) is 15.1. The third-order valence-electron chi connectivity index (χ3n) is 4.80. The molecule has 1 saturated heterocycles. The van der Waals surface area contributed by atoms with Gasteiger partial charge in [0.2, 0.25) is 6.79 Å². The van der Waals surface area contributed by atoms with Crippen molar-refractivity contribution in [2.45, 2.75) is 37.3 Å². The number of rotatable bonds is 4. The molecule has 1 aromatic heterocycles. The van der Waals surface area contributed by atoms with Crippen molar-refractivity contribution in [2.24, 2.45) is 0 Å². The maximum Gasteiger partial charge on any atom is 0.262 e. The quantitative estimate of drug-likeness (QED) is 0.834. The summed E-state index contributed by atoms with van der Waals surface area (Å²) in [6.07, 6.45) is 3.96. The summed E-state index contributed by atoms with van der Waals surface area (Å²) in [5.41, 5.74) is 1.08. The van der Waals surface area contributed by atoms with Gasteiger partial charge in [0.1, 0.15) is 0 Å². The zero-order valence-electron chi connectivity index (χ0n) is 14.3. The smallest absolute Gasteiger partial charge is 0.262 e. The normalized spacial score (nSPS) is 20.5. The van der Waals surface area contributed by atoms with Gasteiger partial charge in [-0.05, 0) is 43.9 Å². The second kappa shape index (κ2) is 6.03. The third kappa shape index (κ3) is 2.89. The summed E-state index contributed by atoms with van der Waals surface area (Å²) in [4.78, 5) is 4.10. The molecule has 3 heterocycles. The number of hydrogen-bond donors (Lipinski definition) is 0. The lowest BCUT2D eigenvalue weighted by Crippen LogP contribution is -2.29. The number of nitrogens with zero attached hydrogens (tertiary/aromatic N) is 3. The Morgan fingerprint density at radius 3 is 2.80 bits per heavy atom. The van der Waals surface area contributed by atoms with Crippen LogP contribution in [0.3, 0.4) is 0 Å². The Balaban J connectivity index is 1.53. The Kier molecular flexibility index (Phi) is 3.96. The van der Waals surface area contributed by atoms with E-state index in [2.05, 4.69) is 4.98 Å². The van der Waals surface area contributed by atoms with Crippen LogP contribution >= 0.6 is 0 Å². The van der Waals surface area contributed by atoms with E-state index in [1.807, 2.05) is 32.0 Å². The molecule has 0 radical (unpaired) electrons. The molecular formula is C17H21N3O4S. The van der Waals surface area contributed by atoms with E-state index in [1.165, 1.54) is 4.31 Å². The van der Waals surface area contributed by atoms with Crippen molar-refractivity contribution in [2.75, 3.05) is 19.9 Å². The number of aromatic nitrogens is 2. The van der Waals surface area contributed by atoms with Crippen LogP contribution in [0.25, 0.3) is 0 Å². The Labute approximate surface area is 147 Å². The summed E-state index contributed by atoms with van der Waals surface area (Å²) in [7, 11) is -3.56. The third-order valence-corrected chi connectivity index (χ3v) is 6.55. The van der Waals surface area contributed by atoms with Gasteiger partial charge in [0.25, 0.3) is 10.0 Å². The van der Waals surface area contributed by atoms with Crippen LogP contribution in [0.1, 0.15) is 37.8 Å². The van der Waals surface area contributed by atoms with Crippen LogP contribution in [0, 0.1) is 0 Å². The minimum atomic E-state index is -3.56. The fourth-order valence-electron chi connectivity index (χ4n) is 3.25. The Morgan fingerprint density at radius 2 is 2.04 bits per heavy atom. The molecule has 0 N–H and O–H groups in total. The van der Waals surface area contributed by atoms with Crippen molar-refractivity contribution in [1.29, 1.82) is 0 Å². The average molecular weight is 363 g/mol. The zero-order chi connectivity index (χ0) is 17.6. The minimum Gasteiger partial charge on any atom is -0.454 e. The van der Waals surface area contributed by atoms with Crippen molar-refractivity contribution >= 4 is 10.0 Å². The maximum atomic E-state index is 12.8. The van der Waals surface area contributed by atoms with Gasteiger partial charge in [-0.15, -0.1) is 0 Å². The predicted molar refractivity (Wildman–Crippen MR) is 91.3 cm³/mol. The number of ether oxygens (including phenoxy) is 2. The first kappa shape index (κ1) is 16.4. The average Bonchev–Trinajstić information content (AvgIpc) is 3.32. The highest BCUT2D eigenvalue weighted by molar-refractivity contribution is 7.89. The molecule has 1 aromatic carbocycles. The summed E-state index contributed by atoms with van der Waals surface area (Å²) in [6.45, 7) is 5.17. The molecule has 134 valence electrons. The molecule has 0 aliphatic carbocycles. The molecule has 25 heavy (non-hydrogen) atoms. The first-order valence-corrected chi connectivity index (χ1v) is 9.82. The van der Waals surface area contributed by atoms with Gasteiger partial charge in [0, 0.05) is 25.3 Å². The summed E-state index contributed by atoms with van der Waals surface area (Å²) < 4.78 is 39.8. The lowest BCUT2D eigenvalue weighted by atomic mass is 9.98. The molecule has 8 heteroatoms. The highest BCUT2D eigenvalue weighted by Crippen LogP contribution is 2.38. The van der Waals surface area contributed by atoms with Crippen LogP contribution in [0.15, 0.2) is 35.7 Å². The van der Waals surface area contributed by atoms with Gasteiger partial charge in [-0.25, -0.2) is 13.4 Å². The van der Waals surface area contributed by atoms with E-state index < -0.39 is 10.0 Å². The van der Waals surface area contributed by atoms with Gasteiger partial charge in [-0.3, -0.25) is 0 Å². The van der Waals surface area contributed by atoms with Crippen molar-refractivity contribution in [1.82, 2.24) is 13.9 Å². The van der Waals surface area contributed by atoms with Gasteiger partial charge in [0.15, 0.2) is 16.5 Å². The van der Waals surface area contributed by atoms with E-state index >= 15 is 0 Å². The van der Waals surface area contributed by atoms with E-state index in [4.69, 9.17) is 9.47 Å². The van der Waals surface area contributed by atoms with Crippen LogP contribution in [-0.2, 0) is 10.0 Å². The van der Waals surface area contributed by atoms with Crippen molar-refractivity contribution < 1.29 is 17.9 Å². The van der Waals surface area contributed by atoms with E-state index in [1.54, 1.807) is 17.1 Å². The molecule has 0 amide bonds. The lowest BCUT2D eigenvalue weighted by molar-refractivity contribution is 0.174. The van der Waals surface area contributed by atoms with Crippen LogP contribution in [0.5, 0.6) is 11.5 Å². The largest absolute Gasteiger partial charge is 0.454 e. The fraction of sp³-hybridized carbons (Fsp3) is 0.471. The van der Waals surface area contributed by atoms with Crippen molar-refractivity contribution in [3.8, 4) is 11.5 Å². The summed E-state index contributed by atoms with van der Waals surface area (Å²) >= 11 is 0. The molecule has 2 aliphatic heterocycles. The lowest BCUT2D eigenvalue weighted by Gasteiger charge is -2.15. The first-order chi connectivity index (χ1) is 11.9.